The molecule has 94 valence electrons. The minimum absolute atomic E-state index is 0.285. The van der Waals surface area contributed by atoms with Gasteiger partial charge in [-0.25, -0.2) is 9.37 Å². The van der Waals surface area contributed by atoms with Crippen LogP contribution in [0.5, 0.6) is 0 Å². The van der Waals surface area contributed by atoms with E-state index in [1.165, 1.54) is 6.07 Å². The van der Waals surface area contributed by atoms with Gasteiger partial charge in [-0.15, -0.1) is 0 Å². The first kappa shape index (κ1) is 13.0. The molecule has 0 saturated heterocycles. The second kappa shape index (κ2) is 5.46. The van der Waals surface area contributed by atoms with Crippen molar-refractivity contribution in [3.8, 4) is 0 Å². The molecule has 3 nitrogen and oxygen atoms in total. The molecule has 1 unspecified atom stereocenters. The molecular weight excluding hydrogens is 297 g/mol. The third kappa shape index (κ3) is 2.52. The second-order valence-corrected chi connectivity index (χ2v) is 4.78. The number of nitrogens with one attached hydrogen (secondary N) is 1. The van der Waals surface area contributed by atoms with Crippen molar-refractivity contribution in [1.82, 2.24) is 10.3 Å². The van der Waals surface area contributed by atoms with E-state index in [4.69, 9.17) is 5.73 Å². The van der Waals surface area contributed by atoms with E-state index in [0.29, 0.717) is 15.9 Å². The summed E-state index contributed by atoms with van der Waals surface area (Å²) in [5.41, 5.74) is 7.14. The lowest BCUT2D eigenvalue weighted by atomic mass is 9.99. The van der Waals surface area contributed by atoms with Crippen LogP contribution in [0, 0.1) is 5.82 Å². The number of benzene rings is 1. The Morgan fingerprint density at radius 1 is 1.33 bits per heavy atom. The van der Waals surface area contributed by atoms with Crippen LogP contribution in [-0.2, 0) is 0 Å². The summed E-state index contributed by atoms with van der Waals surface area (Å²) in [6, 6.07) is 8.28. The van der Waals surface area contributed by atoms with Gasteiger partial charge in [-0.3, -0.25) is 0 Å². The highest BCUT2D eigenvalue weighted by molar-refractivity contribution is 9.10. The molecule has 0 aliphatic carbocycles. The fourth-order valence-corrected chi connectivity index (χ4v) is 2.22. The molecule has 2 rings (SSSR count). The van der Waals surface area contributed by atoms with Crippen molar-refractivity contribution in [2.45, 2.75) is 6.04 Å². The normalized spacial score (nSPS) is 12.4. The quantitative estimate of drug-likeness (QED) is 0.916. The predicted octanol–water partition coefficient (Wildman–Crippen LogP) is 2.87. The van der Waals surface area contributed by atoms with Crippen LogP contribution in [-0.4, -0.2) is 12.0 Å². The highest BCUT2D eigenvalue weighted by Crippen LogP contribution is 2.28. The molecule has 1 atom stereocenters. The summed E-state index contributed by atoms with van der Waals surface area (Å²) in [7, 11) is 1.76. The number of rotatable bonds is 3. The minimum Gasteiger partial charge on any atom is -0.383 e. The maximum Gasteiger partial charge on any atom is 0.129 e. The topological polar surface area (TPSA) is 50.9 Å². The number of nitrogen functional groups attached to an aromatic ring is 1. The molecule has 0 aliphatic heterocycles. The lowest BCUT2D eigenvalue weighted by molar-refractivity contribution is 0.575. The summed E-state index contributed by atoms with van der Waals surface area (Å²) in [5, 5.41) is 3.06. The molecule has 0 aliphatic rings. The van der Waals surface area contributed by atoms with E-state index in [9.17, 15) is 4.39 Å². The first-order valence-electron chi connectivity index (χ1n) is 5.46. The fraction of sp³-hybridized carbons (Fsp3) is 0.154. The van der Waals surface area contributed by atoms with Crippen LogP contribution in [0.2, 0.25) is 0 Å². The van der Waals surface area contributed by atoms with E-state index in [2.05, 4.69) is 26.2 Å². The van der Waals surface area contributed by atoms with E-state index >= 15 is 0 Å². The Labute approximate surface area is 113 Å². The Bertz CT molecular complexity index is 560. The zero-order valence-electron chi connectivity index (χ0n) is 9.82. The number of anilines is 1. The second-order valence-electron chi connectivity index (χ2n) is 3.87. The summed E-state index contributed by atoms with van der Waals surface area (Å²) >= 11 is 3.24. The molecule has 2 aromatic rings. The molecule has 5 heteroatoms. The van der Waals surface area contributed by atoms with Crippen molar-refractivity contribution >= 4 is 21.7 Å². The van der Waals surface area contributed by atoms with Gasteiger partial charge in [-0.05, 0) is 25.2 Å². The first-order valence-corrected chi connectivity index (χ1v) is 6.25. The largest absolute Gasteiger partial charge is 0.383 e. The summed E-state index contributed by atoms with van der Waals surface area (Å²) in [5.74, 6) is 0.117. The van der Waals surface area contributed by atoms with Crippen LogP contribution < -0.4 is 11.1 Å². The Balaban J connectivity index is 2.49. The van der Waals surface area contributed by atoms with Crippen molar-refractivity contribution < 1.29 is 4.39 Å². The zero-order valence-corrected chi connectivity index (χ0v) is 11.4. The Morgan fingerprint density at radius 2 is 2.11 bits per heavy atom. The smallest absolute Gasteiger partial charge is 0.129 e. The number of hydrogen-bond acceptors (Lipinski definition) is 3. The van der Waals surface area contributed by atoms with Crippen molar-refractivity contribution in [2.24, 2.45) is 0 Å². The van der Waals surface area contributed by atoms with E-state index in [1.807, 2.05) is 6.07 Å². The summed E-state index contributed by atoms with van der Waals surface area (Å²) in [6.07, 6.45) is 1.61. The van der Waals surface area contributed by atoms with E-state index in [1.54, 1.807) is 31.4 Å². The third-order valence-corrected chi connectivity index (χ3v) is 3.24. The number of nitrogens with zero attached hydrogens (tertiary/aromatic N) is 1. The van der Waals surface area contributed by atoms with Crippen LogP contribution in [0.1, 0.15) is 17.2 Å². The summed E-state index contributed by atoms with van der Waals surface area (Å²) in [6.45, 7) is 0. The molecule has 1 aromatic heterocycles. The molecule has 3 N–H and O–H groups in total. The van der Waals surface area contributed by atoms with E-state index in [-0.39, 0.29) is 11.9 Å². The standard InChI is InChI=1S/C13H13BrFN3/c1-17-12(10-3-2-6-18-13(10)16)9-5-4-8(14)7-11(9)15/h2-7,12,17H,1H3,(H2,16,18). The van der Waals surface area contributed by atoms with Gasteiger partial charge in [0.2, 0.25) is 0 Å². The van der Waals surface area contributed by atoms with Gasteiger partial charge in [0.15, 0.2) is 0 Å². The van der Waals surface area contributed by atoms with Crippen molar-refractivity contribution in [1.29, 1.82) is 0 Å². The Kier molecular flexibility index (Phi) is 3.93. The highest BCUT2D eigenvalue weighted by atomic mass is 79.9. The van der Waals surface area contributed by atoms with Crippen molar-refractivity contribution in [2.75, 3.05) is 12.8 Å². The van der Waals surface area contributed by atoms with Gasteiger partial charge >= 0.3 is 0 Å². The SMILES string of the molecule is CNC(c1ccc(Br)cc1F)c1cccnc1N. The van der Waals surface area contributed by atoms with Crippen LogP contribution in [0.3, 0.4) is 0 Å². The third-order valence-electron chi connectivity index (χ3n) is 2.74. The van der Waals surface area contributed by atoms with Gasteiger partial charge in [-0.2, -0.15) is 0 Å². The molecule has 0 saturated carbocycles. The number of aromatic nitrogens is 1. The van der Waals surface area contributed by atoms with Crippen LogP contribution >= 0.6 is 15.9 Å². The molecule has 0 amide bonds. The molecule has 0 fully saturated rings. The number of nitrogens with two attached hydrogens (primary N) is 1. The maximum absolute atomic E-state index is 14.0. The molecule has 0 radical (unpaired) electrons. The predicted molar refractivity (Wildman–Crippen MR) is 73.7 cm³/mol. The van der Waals surface area contributed by atoms with Gasteiger partial charge in [0.25, 0.3) is 0 Å². The number of hydrogen-bond donors (Lipinski definition) is 2. The minimum atomic E-state index is -0.313. The lowest BCUT2D eigenvalue weighted by Gasteiger charge is -2.19. The van der Waals surface area contributed by atoms with Crippen LogP contribution in [0.15, 0.2) is 41.0 Å². The summed E-state index contributed by atoms with van der Waals surface area (Å²) in [4.78, 5) is 4.03. The van der Waals surface area contributed by atoms with Gasteiger partial charge in [-0.1, -0.05) is 28.1 Å². The lowest BCUT2D eigenvalue weighted by Crippen LogP contribution is -2.20. The highest BCUT2D eigenvalue weighted by Gasteiger charge is 2.18. The van der Waals surface area contributed by atoms with Gasteiger partial charge in [0.05, 0.1) is 6.04 Å². The Morgan fingerprint density at radius 3 is 2.72 bits per heavy atom. The molecular formula is C13H13BrFN3. The van der Waals surface area contributed by atoms with Gasteiger partial charge < -0.3 is 11.1 Å². The zero-order chi connectivity index (χ0) is 13.1. The van der Waals surface area contributed by atoms with E-state index in [0.717, 1.165) is 5.56 Å². The van der Waals surface area contributed by atoms with Crippen LogP contribution in [0.25, 0.3) is 0 Å². The summed E-state index contributed by atoms with van der Waals surface area (Å²) < 4.78 is 14.7. The van der Waals surface area contributed by atoms with Gasteiger partial charge in [0, 0.05) is 21.8 Å². The molecule has 18 heavy (non-hydrogen) atoms. The van der Waals surface area contributed by atoms with Gasteiger partial charge in [0.1, 0.15) is 11.6 Å². The molecule has 1 heterocycles. The first-order chi connectivity index (χ1) is 8.63. The number of halogens is 2. The van der Waals surface area contributed by atoms with E-state index < -0.39 is 0 Å². The molecule has 0 bridgehead atoms. The Hall–Kier alpha value is -1.46. The fourth-order valence-electron chi connectivity index (χ4n) is 1.89. The maximum atomic E-state index is 14.0. The molecule has 1 aromatic carbocycles. The van der Waals surface area contributed by atoms with Crippen molar-refractivity contribution in [3.63, 3.8) is 0 Å². The number of pyridine rings is 1. The monoisotopic (exact) mass is 309 g/mol. The average Bonchev–Trinajstić information content (AvgIpc) is 2.34. The molecule has 0 spiro atoms. The average molecular weight is 310 g/mol. The van der Waals surface area contributed by atoms with Crippen molar-refractivity contribution in [3.05, 3.63) is 57.9 Å². The van der Waals surface area contributed by atoms with Crippen LogP contribution in [0.4, 0.5) is 10.2 Å².